The van der Waals surface area contributed by atoms with Crippen LogP contribution in [0, 0.1) is 0 Å². The first-order valence-electron chi connectivity index (χ1n) is 7.50. The maximum atomic E-state index is 2.39. The Kier molecular flexibility index (Phi) is 11.5. The zero-order valence-corrected chi connectivity index (χ0v) is 20.2. The molecule has 2 nitrogen and oxygen atoms in total. The minimum absolute atomic E-state index is 0.530. The summed E-state index contributed by atoms with van der Waals surface area (Å²) in [5.41, 5.74) is 3.74. The molecule has 0 fully saturated rings. The van der Waals surface area contributed by atoms with Crippen LogP contribution in [0.1, 0.15) is 25.0 Å². The quantitative estimate of drug-likeness (QED) is 0.357. The van der Waals surface area contributed by atoms with Crippen molar-refractivity contribution in [2.75, 3.05) is 18.0 Å². The van der Waals surface area contributed by atoms with Gasteiger partial charge in [-0.15, -0.1) is 0 Å². The van der Waals surface area contributed by atoms with Crippen LogP contribution in [0.15, 0.2) is 48.8 Å². The number of hydrogen-bond donors (Lipinski definition) is 0. The molecule has 0 aliphatic carbocycles. The molecule has 1 aromatic heterocycles. The van der Waals surface area contributed by atoms with Crippen molar-refractivity contribution in [2.24, 2.45) is 7.05 Å². The van der Waals surface area contributed by atoms with Crippen LogP contribution in [0.3, 0.4) is 0 Å². The maximum absolute atomic E-state index is 2.39. The standard InChI is InChI=1S/C18H23N2.I3/c1-4-20(5-2)18-10-8-16(9-11-18)6-7-17-12-14-19(3)15-13-17;1-3-2/h6-15H,4-5H2,1-3H3;/q+1;-1. The van der Waals surface area contributed by atoms with Crippen LogP contribution in [-0.2, 0) is 7.05 Å². The summed E-state index contributed by atoms with van der Waals surface area (Å²) in [4.78, 5) is 2.35. The molecule has 2 aromatic rings. The van der Waals surface area contributed by atoms with Gasteiger partial charge in [0.25, 0.3) is 0 Å². The third kappa shape index (κ3) is 8.15. The zero-order valence-electron chi connectivity index (χ0n) is 13.7. The molecule has 0 saturated heterocycles. The molecule has 0 atom stereocenters. The summed E-state index contributed by atoms with van der Waals surface area (Å²) < 4.78 is 2.04. The van der Waals surface area contributed by atoms with Gasteiger partial charge in [-0.05, 0) is 37.1 Å². The molecule has 0 spiro atoms. The van der Waals surface area contributed by atoms with E-state index >= 15 is 0 Å². The van der Waals surface area contributed by atoms with E-state index in [0.29, 0.717) is 13.3 Å². The Balaban J connectivity index is 0.000000816. The fourth-order valence-corrected chi connectivity index (χ4v) is 2.20. The van der Waals surface area contributed by atoms with Crippen molar-refractivity contribution in [2.45, 2.75) is 13.8 Å². The second kappa shape index (κ2) is 12.5. The predicted molar refractivity (Wildman–Crippen MR) is 115 cm³/mol. The fourth-order valence-electron chi connectivity index (χ4n) is 2.20. The van der Waals surface area contributed by atoms with Crippen molar-refractivity contribution in [3.8, 4) is 0 Å². The molecule has 0 bridgehead atoms. The first-order valence-corrected chi connectivity index (χ1v) is 20.1. The van der Waals surface area contributed by atoms with Gasteiger partial charge in [-0.1, -0.05) is 24.3 Å². The molecule has 0 amide bonds. The Labute approximate surface area is 170 Å². The summed E-state index contributed by atoms with van der Waals surface area (Å²) in [6.07, 6.45) is 8.42. The first kappa shape index (κ1) is 21.1. The van der Waals surface area contributed by atoms with E-state index in [9.17, 15) is 0 Å². The summed E-state index contributed by atoms with van der Waals surface area (Å²) in [5.74, 6) is 0. The second-order valence-corrected chi connectivity index (χ2v) is 21.2. The van der Waals surface area contributed by atoms with Crippen LogP contribution in [0.25, 0.3) is 12.2 Å². The molecular weight excluding hydrogens is 625 g/mol. The molecule has 0 saturated carbocycles. The molecule has 1 heterocycles. The van der Waals surface area contributed by atoms with Crippen molar-refractivity contribution < 1.29 is 17.8 Å². The zero-order chi connectivity index (χ0) is 17.1. The summed E-state index contributed by atoms with van der Waals surface area (Å²) in [6, 6.07) is 13.0. The number of aromatic nitrogens is 1. The van der Waals surface area contributed by atoms with E-state index in [2.05, 4.69) is 117 Å². The molecule has 0 aliphatic rings. The van der Waals surface area contributed by atoms with Gasteiger partial charge < -0.3 is 4.90 Å². The van der Waals surface area contributed by atoms with Crippen molar-refractivity contribution in [3.05, 3.63) is 59.9 Å². The Morgan fingerprint density at radius 1 is 0.913 bits per heavy atom. The molecular formula is C18H23I3N2. The van der Waals surface area contributed by atoms with E-state index in [0.717, 1.165) is 13.1 Å². The summed E-state index contributed by atoms with van der Waals surface area (Å²) in [5, 5.41) is 0. The molecule has 0 unspecified atom stereocenters. The first-order chi connectivity index (χ1) is 11.1. The number of benzene rings is 1. The van der Waals surface area contributed by atoms with E-state index in [1.54, 1.807) is 0 Å². The van der Waals surface area contributed by atoms with E-state index in [-0.39, 0.29) is 0 Å². The molecule has 0 radical (unpaired) electrons. The van der Waals surface area contributed by atoms with Crippen LogP contribution in [0.5, 0.6) is 0 Å². The SMILES string of the molecule is CCN(CC)c1ccc(/C=C/c2cc[n+](C)cc2)cc1.I[I-]I. The normalized spacial score (nSPS) is 10.5. The Morgan fingerprint density at radius 3 is 1.78 bits per heavy atom. The number of halogens is 3. The second-order valence-electron chi connectivity index (χ2n) is 4.95. The third-order valence-electron chi connectivity index (χ3n) is 3.49. The fraction of sp³-hybridized carbons (Fsp3) is 0.278. The van der Waals surface area contributed by atoms with Gasteiger partial charge >= 0.3 is 50.5 Å². The van der Waals surface area contributed by atoms with Crippen LogP contribution in [0.4, 0.5) is 5.69 Å². The van der Waals surface area contributed by atoms with Crippen LogP contribution >= 0.6 is 37.2 Å². The molecule has 1 aromatic carbocycles. The molecule has 23 heavy (non-hydrogen) atoms. The average Bonchev–Trinajstić information content (AvgIpc) is 2.57. The summed E-state index contributed by atoms with van der Waals surface area (Å²) in [7, 11) is 2.03. The Morgan fingerprint density at radius 2 is 1.35 bits per heavy atom. The van der Waals surface area contributed by atoms with Gasteiger partial charge in [-0.3, -0.25) is 0 Å². The average molecular weight is 648 g/mol. The Bertz CT molecular complexity index is 576. The molecule has 0 N–H and O–H groups in total. The molecule has 0 aliphatic heterocycles. The van der Waals surface area contributed by atoms with Gasteiger partial charge in [0.15, 0.2) is 12.4 Å². The Hall–Kier alpha value is 0.100. The molecule has 126 valence electrons. The predicted octanol–water partition coefficient (Wildman–Crippen LogP) is 2.30. The minimum atomic E-state index is 0.530. The summed E-state index contributed by atoms with van der Waals surface area (Å²) in [6.45, 7) is 6.47. The van der Waals surface area contributed by atoms with E-state index in [1.165, 1.54) is 16.8 Å². The van der Waals surface area contributed by atoms with Crippen LogP contribution < -0.4 is 22.7 Å². The van der Waals surface area contributed by atoms with Crippen molar-refractivity contribution in [1.29, 1.82) is 0 Å². The molecule has 2 rings (SSSR count). The van der Waals surface area contributed by atoms with E-state index in [4.69, 9.17) is 0 Å². The van der Waals surface area contributed by atoms with Gasteiger partial charge in [0.2, 0.25) is 0 Å². The number of anilines is 1. The number of rotatable bonds is 5. The van der Waals surface area contributed by atoms with E-state index < -0.39 is 0 Å². The van der Waals surface area contributed by atoms with Crippen LogP contribution in [-0.4, -0.2) is 13.1 Å². The monoisotopic (exact) mass is 648 g/mol. The topological polar surface area (TPSA) is 7.12 Å². The number of aryl methyl sites for hydroxylation is 1. The van der Waals surface area contributed by atoms with Gasteiger partial charge in [0.05, 0.1) is 0 Å². The van der Waals surface area contributed by atoms with Crippen molar-refractivity contribution >= 4 is 55.1 Å². The van der Waals surface area contributed by atoms with Gasteiger partial charge in [-0.25, -0.2) is 4.57 Å². The third-order valence-corrected chi connectivity index (χ3v) is 3.49. The molecule has 5 heteroatoms. The number of hydrogen-bond acceptors (Lipinski definition) is 1. The van der Waals surface area contributed by atoms with Crippen molar-refractivity contribution in [3.63, 3.8) is 0 Å². The van der Waals surface area contributed by atoms with E-state index in [1.807, 2.05) is 11.6 Å². The van der Waals surface area contributed by atoms with Gasteiger partial charge in [-0.2, -0.15) is 0 Å². The van der Waals surface area contributed by atoms with Crippen molar-refractivity contribution in [1.82, 2.24) is 0 Å². The number of pyridine rings is 1. The van der Waals surface area contributed by atoms with Gasteiger partial charge in [0, 0.05) is 30.9 Å². The van der Waals surface area contributed by atoms with Gasteiger partial charge in [0.1, 0.15) is 7.05 Å². The van der Waals surface area contributed by atoms with Crippen LogP contribution in [0.2, 0.25) is 0 Å². The number of nitrogens with zero attached hydrogens (tertiary/aromatic N) is 2. The summed E-state index contributed by atoms with van der Waals surface area (Å²) >= 11 is 5.30.